The van der Waals surface area contributed by atoms with Gasteiger partial charge in [0.25, 0.3) is 0 Å². The molecule has 1 aromatic heterocycles. The third-order valence-corrected chi connectivity index (χ3v) is 4.77. The van der Waals surface area contributed by atoms with Crippen molar-refractivity contribution in [3.8, 4) is 0 Å². The number of carboxylic acids is 1. The first-order chi connectivity index (χ1) is 9.58. The van der Waals surface area contributed by atoms with Gasteiger partial charge in [-0.05, 0) is 44.4 Å². The summed E-state index contributed by atoms with van der Waals surface area (Å²) in [6, 6.07) is 1.96. The highest BCUT2D eigenvalue weighted by atomic mass is 16.4. The third kappa shape index (κ3) is 2.25. The Bertz CT molecular complexity index is 532. The predicted molar refractivity (Wildman–Crippen MR) is 75.5 cm³/mol. The maximum absolute atomic E-state index is 11.5. The standard InChI is InChI=1S/C15H21N3O2/c1-3-11-7-12(17-8(2)16-11)18-14-10-5-4-9(6-10)13(14)15(19)20/h7,9-10,13-14H,3-6H2,1-2H3,(H,19,20)(H,16,17,18). The van der Waals surface area contributed by atoms with Crippen molar-refractivity contribution in [3.63, 3.8) is 0 Å². The molecule has 0 amide bonds. The van der Waals surface area contributed by atoms with E-state index in [1.165, 1.54) is 0 Å². The molecule has 4 unspecified atom stereocenters. The van der Waals surface area contributed by atoms with E-state index in [0.717, 1.165) is 43.0 Å². The second-order valence-electron chi connectivity index (χ2n) is 6.01. The molecule has 20 heavy (non-hydrogen) atoms. The van der Waals surface area contributed by atoms with Crippen LogP contribution in [0.15, 0.2) is 6.07 Å². The van der Waals surface area contributed by atoms with E-state index in [1.54, 1.807) is 0 Å². The molecule has 1 aromatic rings. The number of nitrogens with zero attached hydrogens (tertiary/aromatic N) is 2. The van der Waals surface area contributed by atoms with Gasteiger partial charge in [-0.3, -0.25) is 4.79 Å². The molecule has 2 fully saturated rings. The van der Waals surface area contributed by atoms with E-state index in [1.807, 2.05) is 13.0 Å². The van der Waals surface area contributed by atoms with Crippen LogP contribution in [0.1, 0.15) is 37.7 Å². The van der Waals surface area contributed by atoms with E-state index in [0.29, 0.717) is 11.8 Å². The number of aryl methyl sites for hydroxylation is 2. The molecule has 1 heterocycles. The first kappa shape index (κ1) is 13.3. The van der Waals surface area contributed by atoms with Gasteiger partial charge in [-0.1, -0.05) is 6.92 Å². The summed E-state index contributed by atoms with van der Waals surface area (Å²) in [6.45, 7) is 3.93. The van der Waals surface area contributed by atoms with Crippen LogP contribution in [0, 0.1) is 24.7 Å². The van der Waals surface area contributed by atoms with E-state index in [9.17, 15) is 9.90 Å². The fraction of sp³-hybridized carbons (Fsp3) is 0.667. The van der Waals surface area contributed by atoms with Crippen LogP contribution in [0.3, 0.4) is 0 Å². The molecule has 108 valence electrons. The van der Waals surface area contributed by atoms with Gasteiger partial charge in [0.2, 0.25) is 0 Å². The highest BCUT2D eigenvalue weighted by Gasteiger charge is 2.51. The quantitative estimate of drug-likeness (QED) is 0.881. The molecule has 5 heteroatoms. The summed E-state index contributed by atoms with van der Waals surface area (Å²) in [7, 11) is 0. The average Bonchev–Trinajstić information content (AvgIpc) is 2.98. The number of hydrogen-bond acceptors (Lipinski definition) is 4. The maximum atomic E-state index is 11.5. The minimum absolute atomic E-state index is 0.0188. The van der Waals surface area contributed by atoms with Crippen LogP contribution in [0.5, 0.6) is 0 Å². The van der Waals surface area contributed by atoms with E-state index in [-0.39, 0.29) is 12.0 Å². The second-order valence-corrected chi connectivity index (χ2v) is 6.01. The van der Waals surface area contributed by atoms with Crippen molar-refractivity contribution in [2.24, 2.45) is 17.8 Å². The van der Waals surface area contributed by atoms with Crippen LogP contribution in [-0.4, -0.2) is 27.1 Å². The fourth-order valence-corrected chi connectivity index (χ4v) is 3.91. The minimum Gasteiger partial charge on any atom is -0.481 e. The van der Waals surface area contributed by atoms with Gasteiger partial charge in [0, 0.05) is 17.8 Å². The lowest BCUT2D eigenvalue weighted by Crippen LogP contribution is -2.39. The summed E-state index contributed by atoms with van der Waals surface area (Å²) >= 11 is 0. The van der Waals surface area contributed by atoms with E-state index in [2.05, 4.69) is 22.2 Å². The normalized spacial score (nSPS) is 31.5. The number of rotatable bonds is 4. The third-order valence-electron chi connectivity index (χ3n) is 4.77. The second kappa shape index (κ2) is 5.04. The Morgan fingerprint density at radius 3 is 2.85 bits per heavy atom. The lowest BCUT2D eigenvalue weighted by atomic mass is 9.84. The average molecular weight is 275 g/mol. The van der Waals surface area contributed by atoms with Crippen LogP contribution in [0.4, 0.5) is 5.82 Å². The first-order valence-corrected chi connectivity index (χ1v) is 7.42. The molecule has 2 saturated carbocycles. The van der Waals surface area contributed by atoms with Crippen LogP contribution in [0.25, 0.3) is 0 Å². The predicted octanol–water partition coefficient (Wildman–Crippen LogP) is 2.26. The molecular weight excluding hydrogens is 254 g/mol. The number of fused-ring (bicyclic) bond motifs is 2. The van der Waals surface area contributed by atoms with Crippen molar-refractivity contribution in [1.82, 2.24) is 9.97 Å². The Hall–Kier alpha value is -1.65. The number of carboxylic acid groups (broad SMARTS) is 1. The molecule has 0 aliphatic heterocycles. The van der Waals surface area contributed by atoms with Crippen molar-refractivity contribution in [3.05, 3.63) is 17.6 Å². The highest BCUT2D eigenvalue weighted by Crippen LogP contribution is 2.49. The molecule has 5 nitrogen and oxygen atoms in total. The number of nitrogens with one attached hydrogen (secondary N) is 1. The summed E-state index contributed by atoms with van der Waals surface area (Å²) in [4.78, 5) is 20.3. The van der Waals surface area contributed by atoms with Gasteiger partial charge in [-0.15, -0.1) is 0 Å². The Morgan fingerprint density at radius 2 is 2.15 bits per heavy atom. The molecular formula is C15H21N3O2. The molecule has 2 bridgehead atoms. The topological polar surface area (TPSA) is 75.1 Å². The first-order valence-electron chi connectivity index (χ1n) is 7.42. The van der Waals surface area contributed by atoms with Crippen LogP contribution < -0.4 is 5.32 Å². The number of aromatic nitrogens is 2. The maximum Gasteiger partial charge on any atom is 0.308 e. The van der Waals surface area contributed by atoms with Gasteiger partial charge < -0.3 is 10.4 Å². The van der Waals surface area contributed by atoms with Crippen molar-refractivity contribution >= 4 is 11.8 Å². The van der Waals surface area contributed by atoms with Crippen molar-refractivity contribution < 1.29 is 9.90 Å². The van der Waals surface area contributed by atoms with E-state index >= 15 is 0 Å². The highest BCUT2D eigenvalue weighted by molar-refractivity contribution is 5.73. The van der Waals surface area contributed by atoms with E-state index in [4.69, 9.17) is 0 Å². The Kier molecular flexibility index (Phi) is 3.36. The summed E-state index contributed by atoms with van der Waals surface area (Å²) in [6.07, 6.45) is 4.09. The van der Waals surface area contributed by atoms with Gasteiger partial charge in [0.15, 0.2) is 0 Å². The largest absolute Gasteiger partial charge is 0.481 e. The fourth-order valence-electron chi connectivity index (χ4n) is 3.91. The lowest BCUT2D eigenvalue weighted by Gasteiger charge is -2.29. The van der Waals surface area contributed by atoms with Crippen molar-refractivity contribution in [1.29, 1.82) is 0 Å². The summed E-state index contributed by atoms with van der Waals surface area (Å²) in [5.41, 5.74) is 0.995. The zero-order chi connectivity index (χ0) is 14.3. The van der Waals surface area contributed by atoms with Crippen molar-refractivity contribution in [2.75, 3.05) is 5.32 Å². The molecule has 0 aromatic carbocycles. The molecule has 3 rings (SSSR count). The van der Waals surface area contributed by atoms with E-state index < -0.39 is 5.97 Å². The van der Waals surface area contributed by atoms with Crippen LogP contribution in [0.2, 0.25) is 0 Å². The zero-order valence-corrected chi connectivity index (χ0v) is 12.0. The van der Waals surface area contributed by atoms with Crippen LogP contribution >= 0.6 is 0 Å². The number of anilines is 1. The molecule has 0 saturated heterocycles. The zero-order valence-electron chi connectivity index (χ0n) is 12.0. The SMILES string of the molecule is CCc1cc(NC2C3CCC(C3)C2C(=O)O)nc(C)n1. The van der Waals surface area contributed by atoms with Crippen molar-refractivity contribution in [2.45, 2.75) is 45.6 Å². The van der Waals surface area contributed by atoms with Gasteiger partial charge in [-0.25, -0.2) is 9.97 Å². The van der Waals surface area contributed by atoms with Gasteiger partial charge in [-0.2, -0.15) is 0 Å². The molecule has 0 spiro atoms. The monoisotopic (exact) mass is 275 g/mol. The Morgan fingerprint density at radius 1 is 1.40 bits per heavy atom. The Balaban J connectivity index is 1.83. The van der Waals surface area contributed by atoms with Crippen LogP contribution in [-0.2, 0) is 11.2 Å². The number of aliphatic carboxylic acids is 1. The van der Waals surface area contributed by atoms with Gasteiger partial charge in [0.05, 0.1) is 5.92 Å². The molecule has 2 aliphatic carbocycles. The van der Waals surface area contributed by atoms with Gasteiger partial charge >= 0.3 is 5.97 Å². The van der Waals surface area contributed by atoms with Gasteiger partial charge in [0.1, 0.15) is 11.6 Å². The number of hydrogen-bond donors (Lipinski definition) is 2. The summed E-state index contributed by atoms with van der Waals surface area (Å²) < 4.78 is 0. The Labute approximate surface area is 118 Å². The smallest absolute Gasteiger partial charge is 0.308 e. The molecule has 2 aliphatic rings. The summed E-state index contributed by atoms with van der Waals surface area (Å²) in [5, 5.41) is 12.9. The lowest BCUT2D eigenvalue weighted by molar-refractivity contribution is -0.143. The molecule has 4 atom stereocenters. The summed E-state index contributed by atoms with van der Waals surface area (Å²) in [5.74, 6) is 1.38. The number of carbonyl (C=O) groups is 1. The minimum atomic E-state index is -0.670. The molecule has 0 radical (unpaired) electrons. The molecule has 2 N–H and O–H groups in total.